The lowest BCUT2D eigenvalue weighted by Crippen LogP contribution is -2.03. The monoisotopic (exact) mass is 196 g/mol. The van der Waals surface area contributed by atoms with E-state index in [2.05, 4.69) is 4.74 Å². The molecule has 0 atom stereocenters. The molecule has 0 bridgehead atoms. The Balaban J connectivity index is 4.71. The molecule has 0 fully saturated rings. The number of ether oxygens (including phenoxy) is 1. The van der Waals surface area contributed by atoms with Crippen LogP contribution in [0, 0.1) is 0 Å². The zero-order valence-electron chi connectivity index (χ0n) is 8.87. The van der Waals surface area contributed by atoms with Crippen molar-refractivity contribution in [3.05, 3.63) is 23.3 Å². The van der Waals surface area contributed by atoms with Crippen LogP contribution in [0.25, 0.3) is 0 Å². The number of hydrogen-bond acceptors (Lipinski definition) is 3. The number of hydrogen-bond donors (Lipinski definition) is 0. The third kappa shape index (κ3) is 4.03. The highest BCUT2D eigenvalue weighted by Gasteiger charge is 2.06. The van der Waals surface area contributed by atoms with Crippen LogP contribution < -0.4 is 0 Å². The van der Waals surface area contributed by atoms with Crippen molar-refractivity contribution in [1.82, 2.24) is 0 Å². The summed E-state index contributed by atoms with van der Waals surface area (Å²) in [4.78, 5) is 21.8. The molecule has 0 aliphatic carbocycles. The normalized spacial score (nSPS) is 12.5. The fraction of sp³-hybridized carbons (Fsp3) is 0.455. The smallest absolute Gasteiger partial charge is 0.337 e. The van der Waals surface area contributed by atoms with Gasteiger partial charge >= 0.3 is 5.97 Å². The summed E-state index contributed by atoms with van der Waals surface area (Å²) in [7, 11) is 1.32. The molecule has 0 amide bonds. The molecule has 0 aromatic rings. The van der Waals surface area contributed by atoms with Crippen LogP contribution in [0.4, 0.5) is 0 Å². The summed E-state index contributed by atoms with van der Waals surface area (Å²) >= 11 is 0. The number of rotatable bonds is 5. The maximum atomic E-state index is 11.1. The number of methoxy groups -OCH3 is 1. The Kier molecular flexibility index (Phi) is 6.37. The van der Waals surface area contributed by atoms with Crippen LogP contribution in [-0.2, 0) is 14.3 Å². The summed E-state index contributed by atoms with van der Waals surface area (Å²) in [5, 5.41) is 0. The summed E-state index contributed by atoms with van der Waals surface area (Å²) in [6.45, 7) is 3.71. The molecule has 0 aromatic heterocycles. The Hall–Kier alpha value is -1.38. The van der Waals surface area contributed by atoms with Gasteiger partial charge in [0.1, 0.15) is 6.29 Å². The van der Waals surface area contributed by atoms with Gasteiger partial charge in [0, 0.05) is 0 Å². The molecule has 0 heterocycles. The van der Waals surface area contributed by atoms with E-state index in [0.29, 0.717) is 17.6 Å². The third-order valence-electron chi connectivity index (χ3n) is 1.76. The highest BCUT2D eigenvalue weighted by Crippen LogP contribution is 2.08. The molecule has 0 rings (SSSR count). The molecule has 0 saturated carbocycles. The average Bonchev–Trinajstić information content (AvgIpc) is 2.23. The molecule has 0 saturated heterocycles. The molecular formula is C11H16O3. The number of allylic oxidation sites excluding steroid dienone is 2. The van der Waals surface area contributed by atoms with Gasteiger partial charge in [-0.1, -0.05) is 19.4 Å². The van der Waals surface area contributed by atoms with Crippen LogP contribution >= 0.6 is 0 Å². The van der Waals surface area contributed by atoms with Crippen LogP contribution in [0.3, 0.4) is 0 Å². The number of carbonyl (C=O) groups is 2. The molecule has 3 nitrogen and oxygen atoms in total. The van der Waals surface area contributed by atoms with Crippen molar-refractivity contribution in [2.24, 2.45) is 0 Å². The van der Waals surface area contributed by atoms with Gasteiger partial charge in [0.2, 0.25) is 0 Å². The Morgan fingerprint density at radius 1 is 1.43 bits per heavy atom. The average molecular weight is 196 g/mol. The maximum Gasteiger partial charge on any atom is 0.337 e. The van der Waals surface area contributed by atoms with Crippen LogP contribution in [0.5, 0.6) is 0 Å². The lowest BCUT2D eigenvalue weighted by atomic mass is 10.1. The summed E-state index contributed by atoms with van der Waals surface area (Å²) in [6, 6.07) is 0. The minimum Gasteiger partial charge on any atom is -0.465 e. The maximum absolute atomic E-state index is 11.1. The van der Waals surface area contributed by atoms with Gasteiger partial charge in [0.05, 0.1) is 12.7 Å². The molecule has 0 aliphatic rings. The van der Waals surface area contributed by atoms with E-state index >= 15 is 0 Å². The minimum absolute atomic E-state index is 0.414. The Morgan fingerprint density at radius 2 is 2.07 bits per heavy atom. The summed E-state index contributed by atoms with van der Waals surface area (Å²) in [6.07, 6.45) is 5.53. The van der Waals surface area contributed by atoms with Gasteiger partial charge in [-0.3, -0.25) is 4.79 Å². The van der Waals surface area contributed by atoms with Crippen LogP contribution in [0.15, 0.2) is 23.3 Å². The van der Waals surface area contributed by atoms with Gasteiger partial charge in [-0.2, -0.15) is 0 Å². The molecule has 0 radical (unpaired) electrons. The first kappa shape index (κ1) is 12.6. The van der Waals surface area contributed by atoms with Gasteiger partial charge in [0.15, 0.2) is 0 Å². The Labute approximate surface area is 84.4 Å². The zero-order chi connectivity index (χ0) is 11.0. The van der Waals surface area contributed by atoms with E-state index in [1.165, 1.54) is 7.11 Å². The van der Waals surface area contributed by atoms with E-state index < -0.39 is 5.97 Å². The van der Waals surface area contributed by atoms with Gasteiger partial charge < -0.3 is 4.74 Å². The molecule has 0 spiro atoms. The summed E-state index contributed by atoms with van der Waals surface area (Å²) in [5.41, 5.74) is 1.04. The van der Waals surface area contributed by atoms with Crippen LogP contribution in [-0.4, -0.2) is 19.4 Å². The van der Waals surface area contributed by atoms with Gasteiger partial charge in [-0.05, 0) is 25.0 Å². The second kappa shape index (κ2) is 7.06. The lowest BCUT2D eigenvalue weighted by Gasteiger charge is -2.00. The van der Waals surface area contributed by atoms with Crippen molar-refractivity contribution in [1.29, 1.82) is 0 Å². The first-order chi connectivity index (χ1) is 6.69. The van der Waals surface area contributed by atoms with Gasteiger partial charge in [-0.15, -0.1) is 0 Å². The third-order valence-corrected chi connectivity index (χ3v) is 1.76. The molecule has 0 aromatic carbocycles. The van der Waals surface area contributed by atoms with Crippen LogP contribution in [0.1, 0.15) is 26.7 Å². The second-order valence-corrected chi connectivity index (χ2v) is 2.82. The van der Waals surface area contributed by atoms with E-state index in [1.54, 1.807) is 19.1 Å². The molecule has 0 aliphatic heterocycles. The lowest BCUT2D eigenvalue weighted by molar-refractivity contribution is -0.135. The van der Waals surface area contributed by atoms with Crippen molar-refractivity contribution >= 4 is 12.3 Å². The van der Waals surface area contributed by atoms with Crippen molar-refractivity contribution in [3.8, 4) is 0 Å². The molecule has 0 N–H and O–H groups in total. The van der Waals surface area contributed by atoms with Gasteiger partial charge in [0.25, 0.3) is 0 Å². The summed E-state index contributed by atoms with van der Waals surface area (Å²) in [5.74, 6) is -0.414. The number of carbonyl (C=O) groups excluding carboxylic acids is 2. The fourth-order valence-corrected chi connectivity index (χ4v) is 1.03. The van der Waals surface area contributed by atoms with Crippen LogP contribution in [0.2, 0.25) is 0 Å². The van der Waals surface area contributed by atoms with Crippen molar-refractivity contribution in [3.63, 3.8) is 0 Å². The highest BCUT2D eigenvalue weighted by molar-refractivity contribution is 5.93. The van der Waals surface area contributed by atoms with Crippen molar-refractivity contribution < 1.29 is 14.3 Å². The van der Waals surface area contributed by atoms with E-state index in [4.69, 9.17) is 0 Å². The number of esters is 1. The van der Waals surface area contributed by atoms with Crippen molar-refractivity contribution in [2.45, 2.75) is 26.7 Å². The molecule has 78 valence electrons. The quantitative estimate of drug-likeness (QED) is 0.292. The summed E-state index contributed by atoms with van der Waals surface area (Å²) < 4.78 is 4.56. The Bertz CT molecular complexity index is 262. The first-order valence-corrected chi connectivity index (χ1v) is 4.59. The Morgan fingerprint density at radius 3 is 2.43 bits per heavy atom. The minimum atomic E-state index is -0.414. The molecule has 3 heteroatoms. The van der Waals surface area contributed by atoms with E-state index in [0.717, 1.165) is 12.7 Å². The predicted octanol–water partition coefficient (Wildman–Crippen LogP) is 2.03. The van der Waals surface area contributed by atoms with Crippen molar-refractivity contribution in [2.75, 3.05) is 7.11 Å². The van der Waals surface area contributed by atoms with E-state index in [9.17, 15) is 9.59 Å². The largest absolute Gasteiger partial charge is 0.465 e. The second-order valence-electron chi connectivity index (χ2n) is 2.82. The predicted molar refractivity (Wildman–Crippen MR) is 54.8 cm³/mol. The number of aldehydes is 1. The molecular weight excluding hydrogens is 180 g/mol. The highest BCUT2D eigenvalue weighted by atomic mass is 16.5. The SMILES string of the molecule is C/C=C(\C=C(\C=O)CCC)C(=O)OC. The standard InChI is InChI=1S/C11H16O3/c1-4-6-9(8-12)7-10(5-2)11(13)14-3/h5,7-8H,4,6H2,1-3H3/b9-7+,10-5+. The fourth-order valence-electron chi connectivity index (χ4n) is 1.03. The van der Waals surface area contributed by atoms with Gasteiger partial charge in [-0.25, -0.2) is 4.79 Å². The van der Waals surface area contributed by atoms with E-state index in [-0.39, 0.29) is 0 Å². The van der Waals surface area contributed by atoms with E-state index in [1.807, 2.05) is 6.92 Å². The molecule has 14 heavy (non-hydrogen) atoms. The first-order valence-electron chi connectivity index (χ1n) is 4.59. The molecule has 0 unspecified atom stereocenters. The zero-order valence-corrected chi connectivity index (χ0v) is 8.87. The topological polar surface area (TPSA) is 43.4 Å².